The SMILES string of the molecule is CCOc1ccccc1-c1noc(-c2c(O)c3ccccc3n(CC)c2=O)n1. The van der Waals surface area contributed by atoms with Gasteiger partial charge in [0.1, 0.15) is 17.1 Å². The molecule has 0 radical (unpaired) electrons. The molecule has 0 spiro atoms. The van der Waals surface area contributed by atoms with Crippen molar-refractivity contribution in [3.8, 4) is 34.3 Å². The van der Waals surface area contributed by atoms with E-state index < -0.39 is 0 Å². The van der Waals surface area contributed by atoms with Crippen molar-refractivity contribution >= 4 is 10.9 Å². The first-order valence-corrected chi connectivity index (χ1v) is 9.06. The summed E-state index contributed by atoms with van der Waals surface area (Å²) in [5.41, 5.74) is 0.910. The number of nitrogens with zero attached hydrogens (tertiary/aromatic N) is 3. The summed E-state index contributed by atoms with van der Waals surface area (Å²) in [4.78, 5) is 17.4. The first kappa shape index (κ1) is 17.8. The Kier molecular flexibility index (Phi) is 4.57. The Hall–Kier alpha value is -3.61. The van der Waals surface area contributed by atoms with Gasteiger partial charge >= 0.3 is 0 Å². The second-order valence-corrected chi connectivity index (χ2v) is 6.14. The molecule has 0 aliphatic heterocycles. The summed E-state index contributed by atoms with van der Waals surface area (Å²) in [6.45, 7) is 4.69. The minimum Gasteiger partial charge on any atom is -0.506 e. The molecule has 0 aliphatic rings. The molecule has 0 saturated carbocycles. The molecule has 0 amide bonds. The lowest BCUT2D eigenvalue weighted by molar-refractivity contribution is 0.341. The van der Waals surface area contributed by atoms with Crippen molar-refractivity contribution in [3.05, 3.63) is 58.9 Å². The monoisotopic (exact) mass is 377 g/mol. The zero-order valence-electron chi connectivity index (χ0n) is 15.5. The van der Waals surface area contributed by atoms with Gasteiger partial charge in [0.15, 0.2) is 0 Å². The van der Waals surface area contributed by atoms with Crippen molar-refractivity contribution < 1.29 is 14.4 Å². The third-order valence-corrected chi connectivity index (χ3v) is 4.53. The fourth-order valence-corrected chi connectivity index (χ4v) is 3.26. The van der Waals surface area contributed by atoms with Crippen LogP contribution in [0.3, 0.4) is 0 Å². The molecule has 2 heterocycles. The van der Waals surface area contributed by atoms with Crippen molar-refractivity contribution in [1.29, 1.82) is 0 Å². The maximum absolute atomic E-state index is 13.0. The molecule has 0 saturated heterocycles. The maximum atomic E-state index is 13.0. The Morgan fingerprint density at radius 3 is 2.64 bits per heavy atom. The number of rotatable bonds is 5. The Morgan fingerprint density at radius 1 is 1.11 bits per heavy atom. The van der Waals surface area contributed by atoms with Gasteiger partial charge in [0.05, 0.1) is 17.7 Å². The van der Waals surface area contributed by atoms with Gasteiger partial charge < -0.3 is 18.9 Å². The highest BCUT2D eigenvalue weighted by atomic mass is 16.5. The third-order valence-electron chi connectivity index (χ3n) is 4.53. The Morgan fingerprint density at radius 2 is 1.86 bits per heavy atom. The van der Waals surface area contributed by atoms with E-state index in [1.165, 1.54) is 0 Å². The van der Waals surface area contributed by atoms with E-state index in [0.717, 1.165) is 0 Å². The molecule has 2 aromatic carbocycles. The number of benzene rings is 2. The molecule has 0 atom stereocenters. The van der Waals surface area contributed by atoms with Gasteiger partial charge in [-0.3, -0.25) is 4.79 Å². The molecular formula is C21H19N3O4. The summed E-state index contributed by atoms with van der Waals surface area (Å²) in [7, 11) is 0. The smallest absolute Gasteiger partial charge is 0.267 e. The number of hydrogen-bond donors (Lipinski definition) is 1. The van der Waals surface area contributed by atoms with E-state index >= 15 is 0 Å². The molecule has 0 fully saturated rings. The molecule has 1 N–H and O–H groups in total. The van der Waals surface area contributed by atoms with E-state index in [0.29, 0.717) is 35.4 Å². The lowest BCUT2D eigenvalue weighted by Crippen LogP contribution is -2.21. The van der Waals surface area contributed by atoms with E-state index in [1.807, 2.05) is 44.2 Å². The fourth-order valence-electron chi connectivity index (χ4n) is 3.26. The summed E-state index contributed by atoms with van der Waals surface area (Å²) in [5, 5.41) is 15.3. The number of fused-ring (bicyclic) bond motifs is 1. The first-order valence-electron chi connectivity index (χ1n) is 9.06. The van der Waals surface area contributed by atoms with Crippen LogP contribution in [-0.4, -0.2) is 26.4 Å². The van der Waals surface area contributed by atoms with Crippen LogP contribution in [0.2, 0.25) is 0 Å². The minimum absolute atomic E-state index is 0.00630. The molecule has 2 aromatic heterocycles. The van der Waals surface area contributed by atoms with Gasteiger partial charge in [0.2, 0.25) is 5.82 Å². The van der Waals surface area contributed by atoms with Crippen LogP contribution in [0.15, 0.2) is 57.8 Å². The van der Waals surface area contributed by atoms with Gasteiger partial charge in [-0.2, -0.15) is 4.98 Å². The van der Waals surface area contributed by atoms with Gasteiger partial charge in [-0.15, -0.1) is 0 Å². The molecular weight excluding hydrogens is 358 g/mol. The molecule has 4 aromatic rings. The van der Waals surface area contributed by atoms with Crippen LogP contribution in [0.4, 0.5) is 0 Å². The Labute approximate surface area is 160 Å². The van der Waals surface area contributed by atoms with Gasteiger partial charge in [0, 0.05) is 11.9 Å². The summed E-state index contributed by atoms with van der Waals surface area (Å²) < 4.78 is 12.5. The number of para-hydroxylation sites is 2. The predicted molar refractivity (Wildman–Crippen MR) is 105 cm³/mol. The highest BCUT2D eigenvalue weighted by molar-refractivity contribution is 5.91. The lowest BCUT2D eigenvalue weighted by atomic mass is 10.1. The molecule has 142 valence electrons. The minimum atomic E-state index is -0.382. The van der Waals surface area contributed by atoms with Crippen molar-refractivity contribution in [2.75, 3.05) is 6.61 Å². The highest BCUT2D eigenvalue weighted by Gasteiger charge is 2.23. The van der Waals surface area contributed by atoms with Crippen LogP contribution in [0.25, 0.3) is 33.7 Å². The fraction of sp³-hybridized carbons (Fsp3) is 0.190. The van der Waals surface area contributed by atoms with Crippen LogP contribution in [0.5, 0.6) is 11.5 Å². The van der Waals surface area contributed by atoms with Gasteiger partial charge in [-0.25, -0.2) is 0 Å². The van der Waals surface area contributed by atoms with Crippen molar-refractivity contribution in [2.45, 2.75) is 20.4 Å². The summed E-state index contributed by atoms with van der Waals surface area (Å²) in [6, 6.07) is 14.5. The van der Waals surface area contributed by atoms with Crippen LogP contribution in [0.1, 0.15) is 13.8 Å². The number of hydrogen-bond acceptors (Lipinski definition) is 6. The van der Waals surface area contributed by atoms with Crippen molar-refractivity contribution in [1.82, 2.24) is 14.7 Å². The van der Waals surface area contributed by atoms with Crippen LogP contribution >= 0.6 is 0 Å². The highest BCUT2D eigenvalue weighted by Crippen LogP contribution is 2.34. The Balaban J connectivity index is 1.91. The summed E-state index contributed by atoms with van der Waals surface area (Å²) in [6.07, 6.45) is 0. The number of aromatic nitrogens is 3. The standard InChI is InChI=1S/C21H19N3O4/c1-3-24-15-11-7-5-9-13(15)18(25)17(21(24)26)20-22-19(23-28-20)14-10-6-8-12-16(14)27-4-2/h5-12,25H,3-4H2,1-2H3. The van der Waals surface area contributed by atoms with Crippen LogP contribution < -0.4 is 10.3 Å². The molecule has 0 unspecified atom stereocenters. The van der Waals surface area contributed by atoms with Gasteiger partial charge in [0.25, 0.3) is 11.4 Å². The number of aromatic hydroxyl groups is 1. The van der Waals surface area contributed by atoms with E-state index in [-0.39, 0.29) is 28.6 Å². The molecule has 0 aliphatic carbocycles. The zero-order chi connectivity index (χ0) is 19.7. The average molecular weight is 377 g/mol. The first-order chi connectivity index (χ1) is 13.7. The largest absolute Gasteiger partial charge is 0.506 e. The molecule has 28 heavy (non-hydrogen) atoms. The quantitative estimate of drug-likeness (QED) is 0.568. The maximum Gasteiger partial charge on any atom is 0.267 e. The van der Waals surface area contributed by atoms with E-state index in [1.54, 1.807) is 22.8 Å². The average Bonchev–Trinajstić information content (AvgIpc) is 3.19. The lowest BCUT2D eigenvalue weighted by Gasteiger charge is -2.11. The van der Waals surface area contributed by atoms with Crippen LogP contribution in [0, 0.1) is 0 Å². The van der Waals surface area contributed by atoms with Crippen molar-refractivity contribution in [3.63, 3.8) is 0 Å². The predicted octanol–water partition coefficient (Wildman–Crippen LogP) is 3.84. The Bertz CT molecular complexity index is 1210. The van der Waals surface area contributed by atoms with Gasteiger partial charge in [-0.1, -0.05) is 29.4 Å². The van der Waals surface area contributed by atoms with E-state index in [4.69, 9.17) is 9.26 Å². The second kappa shape index (κ2) is 7.19. The zero-order valence-corrected chi connectivity index (χ0v) is 15.5. The van der Waals surface area contributed by atoms with Crippen molar-refractivity contribution in [2.24, 2.45) is 0 Å². The molecule has 7 heteroatoms. The summed E-state index contributed by atoms with van der Waals surface area (Å²) >= 11 is 0. The molecule has 0 bridgehead atoms. The van der Waals surface area contributed by atoms with Gasteiger partial charge in [-0.05, 0) is 38.1 Å². The summed E-state index contributed by atoms with van der Waals surface area (Å²) in [5.74, 6) is 0.704. The normalized spacial score (nSPS) is 11.1. The number of ether oxygens (including phenoxy) is 1. The topological polar surface area (TPSA) is 90.4 Å². The second-order valence-electron chi connectivity index (χ2n) is 6.14. The molecule has 7 nitrogen and oxygen atoms in total. The molecule has 4 rings (SSSR count). The third kappa shape index (κ3) is 2.81. The van der Waals surface area contributed by atoms with E-state index in [2.05, 4.69) is 10.1 Å². The number of aryl methyl sites for hydroxylation is 1. The number of pyridine rings is 1. The van der Waals surface area contributed by atoms with E-state index in [9.17, 15) is 9.90 Å². The van der Waals surface area contributed by atoms with Crippen LogP contribution in [-0.2, 0) is 6.54 Å².